The molecule has 0 aliphatic rings. The maximum absolute atomic E-state index is 11.0. The second kappa shape index (κ2) is 7.04. The summed E-state index contributed by atoms with van der Waals surface area (Å²) in [5.74, 6) is -0.0946. The van der Waals surface area contributed by atoms with E-state index in [2.05, 4.69) is 15.6 Å². The summed E-state index contributed by atoms with van der Waals surface area (Å²) in [7, 11) is 0. The third-order valence-electron chi connectivity index (χ3n) is 3.16. The first-order valence-corrected chi connectivity index (χ1v) is 7.62. The highest BCUT2D eigenvalue weighted by atomic mass is 32.1. The van der Waals surface area contributed by atoms with Crippen molar-refractivity contribution in [2.75, 3.05) is 0 Å². The first kappa shape index (κ1) is 16.0. The van der Waals surface area contributed by atoms with Crippen LogP contribution < -0.4 is 10.6 Å². The number of aromatic nitrogens is 1. The molecule has 2 amide bonds. The van der Waals surface area contributed by atoms with Crippen LogP contribution in [0.2, 0.25) is 0 Å². The molecular formula is C15H17N3O3S. The molecule has 0 fully saturated rings. The van der Waals surface area contributed by atoms with Gasteiger partial charge in [0.2, 0.25) is 5.91 Å². The zero-order valence-electron chi connectivity index (χ0n) is 12.3. The van der Waals surface area contributed by atoms with Gasteiger partial charge in [-0.3, -0.25) is 4.79 Å². The van der Waals surface area contributed by atoms with Gasteiger partial charge in [0.1, 0.15) is 0 Å². The Morgan fingerprint density at radius 1 is 1.32 bits per heavy atom. The van der Waals surface area contributed by atoms with E-state index >= 15 is 0 Å². The molecule has 0 bridgehead atoms. The number of nitrogens with one attached hydrogen (secondary N) is 2. The molecule has 6 nitrogen and oxygen atoms in total. The zero-order valence-corrected chi connectivity index (χ0v) is 13.1. The Bertz CT molecular complexity index is 667. The van der Waals surface area contributed by atoms with Crippen LogP contribution in [0, 0.1) is 0 Å². The smallest absolute Gasteiger partial charge is 0.405 e. The summed E-state index contributed by atoms with van der Waals surface area (Å²) in [4.78, 5) is 26.9. The highest BCUT2D eigenvalue weighted by Crippen LogP contribution is 2.28. The molecule has 3 N–H and O–H groups in total. The van der Waals surface area contributed by atoms with E-state index in [0.717, 1.165) is 21.7 Å². The lowest BCUT2D eigenvalue weighted by Gasteiger charge is -2.12. The molecule has 0 aliphatic heterocycles. The van der Waals surface area contributed by atoms with Crippen LogP contribution in [0.25, 0.3) is 10.4 Å². The van der Waals surface area contributed by atoms with Crippen LogP contribution >= 0.6 is 11.3 Å². The van der Waals surface area contributed by atoms with Crippen molar-refractivity contribution < 1.29 is 14.7 Å². The van der Waals surface area contributed by atoms with Gasteiger partial charge in [0.05, 0.1) is 28.7 Å². The van der Waals surface area contributed by atoms with Crippen molar-refractivity contribution in [1.29, 1.82) is 0 Å². The van der Waals surface area contributed by atoms with Crippen LogP contribution in [0.1, 0.15) is 31.1 Å². The molecule has 0 radical (unpaired) electrons. The third kappa shape index (κ3) is 4.05. The first-order valence-electron chi connectivity index (χ1n) is 6.74. The minimum Gasteiger partial charge on any atom is -0.465 e. The van der Waals surface area contributed by atoms with Crippen LogP contribution in [-0.4, -0.2) is 22.1 Å². The molecule has 7 heteroatoms. The van der Waals surface area contributed by atoms with Gasteiger partial charge < -0.3 is 15.7 Å². The molecule has 22 heavy (non-hydrogen) atoms. The van der Waals surface area contributed by atoms with E-state index in [1.54, 1.807) is 12.4 Å². The molecule has 0 aliphatic carbocycles. The minimum atomic E-state index is -1.04. The molecule has 0 spiro atoms. The Morgan fingerprint density at radius 2 is 2.00 bits per heavy atom. The van der Waals surface area contributed by atoms with Crippen molar-refractivity contribution in [2.45, 2.75) is 26.4 Å². The molecule has 1 aromatic carbocycles. The number of carboxylic acid groups (broad SMARTS) is 1. The highest BCUT2D eigenvalue weighted by Gasteiger charge is 2.11. The predicted molar refractivity (Wildman–Crippen MR) is 84.6 cm³/mol. The summed E-state index contributed by atoms with van der Waals surface area (Å²) < 4.78 is 0. The van der Waals surface area contributed by atoms with Crippen molar-refractivity contribution in [2.24, 2.45) is 0 Å². The van der Waals surface area contributed by atoms with Gasteiger partial charge >= 0.3 is 6.09 Å². The Labute approximate surface area is 132 Å². The fourth-order valence-electron chi connectivity index (χ4n) is 2.03. The lowest BCUT2D eigenvalue weighted by Crippen LogP contribution is -2.24. The zero-order chi connectivity index (χ0) is 16.1. The summed E-state index contributed by atoms with van der Waals surface area (Å²) in [6.45, 7) is 3.66. The highest BCUT2D eigenvalue weighted by molar-refractivity contribution is 7.13. The number of carbonyl (C=O) groups is 2. The number of amides is 2. The number of benzene rings is 1. The third-order valence-corrected chi connectivity index (χ3v) is 4.08. The lowest BCUT2D eigenvalue weighted by atomic mass is 10.0. The molecule has 1 aromatic heterocycles. The van der Waals surface area contributed by atoms with Gasteiger partial charge in [0.15, 0.2) is 0 Å². The van der Waals surface area contributed by atoms with Crippen molar-refractivity contribution in [3.05, 3.63) is 41.0 Å². The van der Waals surface area contributed by atoms with Gasteiger partial charge in [-0.2, -0.15) is 0 Å². The van der Waals surface area contributed by atoms with Gasteiger partial charge in [0.25, 0.3) is 0 Å². The largest absolute Gasteiger partial charge is 0.465 e. The van der Waals surface area contributed by atoms with Crippen LogP contribution in [0.15, 0.2) is 29.8 Å². The summed E-state index contributed by atoms with van der Waals surface area (Å²) >= 11 is 1.51. The van der Waals surface area contributed by atoms with Crippen molar-refractivity contribution in [1.82, 2.24) is 15.6 Å². The Hall–Kier alpha value is -2.41. The Kier molecular flexibility index (Phi) is 5.11. The quantitative estimate of drug-likeness (QED) is 0.790. The average molecular weight is 319 g/mol. The van der Waals surface area contributed by atoms with Gasteiger partial charge in [-0.1, -0.05) is 24.3 Å². The summed E-state index contributed by atoms with van der Waals surface area (Å²) in [5, 5.41) is 13.9. The number of rotatable bonds is 5. The summed E-state index contributed by atoms with van der Waals surface area (Å²) in [6.07, 6.45) is -1.04. The van der Waals surface area contributed by atoms with Crippen LogP contribution in [0.4, 0.5) is 4.79 Å². The molecule has 0 saturated heterocycles. The first-order chi connectivity index (χ1) is 10.5. The molecule has 0 saturated carbocycles. The summed E-state index contributed by atoms with van der Waals surface area (Å²) in [5.41, 5.74) is 4.45. The van der Waals surface area contributed by atoms with E-state index in [-0.39, 0.29) is 11.9 Å². The fraction of sp³-hybridized carbons (Fsp3) is 0.267. The Morgan fingerprint density at radius 3 is 2.59 bits per heavy atom. The molecule has 2 aromatic rings. The lowest BCUT2D eigenvalue weighted by molar-refractivity contribution is -0.119. The van der Waals surface area contributed by atoms with Crippen LogP contribution in [0.3, 0.4) is 0 Å². The van der Waals surface area contributed by atoms with E-state index in [0.29, 0.717) is 6.54 Å². The van der Waals surface area contributed by atoms with Crippen molar-refractivity contribution >= 4 is 23.3 Å². The van der Waals surface area contributed by atoms with Gasteiger partial charge in [-0.25, -0.2) is 9.78 Å². The summed E-state index contributed by atoms with van der Waals surface area (Å²) in [6, 6.07) is 7.36. The maximum atomic E-state index is 11.0. The second-order valence-corrected chi connectivity index (χ2v) is 5.69. The maximum Gasteiger partial charge on any atom is 0.405 e. The standard InChI is InChI=1S/C15H17N3O3S/c1-9(18-15(20)21)11-3-5-12(6-4-11)14-13(17-8-22-14)7-16-10(2)19/h3-6,8-9,18H,7H2,1-2H3,(H,16,19)(H,20,21)/t9-/m0/s1. The second-order valence-electron chi connectivity index (χ2n) is 4.83. The molecule has 116 valence electrons. The number of nitrogens with zero attached hydrogens (tertiary/aromatic N) is 1. The SMILES string of the molecule is CC(=O)NCc1ncsc1-c1ccc([C@H](C)NC(=O)O)cc1. The van der Waals surface area contributed by atoms with Gasteiger partial charge in [-0.15, -0.1) is 11.3 Å². The van der Waals surface area contributed by atoms with E-state index in [1.165, 1.54) is 18.3 Å². The van der Waals surface area contributed by atoms with E-state index in [4.69, 9.17) is 5.11 Å². The molecule has 1 heterocycles. The van der Waals surface area contributed by atoms with E-state index in [9.17, 15) is 9.59 Å². The topological polar surface area (TPSA) is 91.3 Å². The fourth-order valence-corrected chi connectivity index (χ4v) is 2.85. The van der Waals surface area contributed by atoms with E-state index < -0.39 is 6.09 Å². The minimum absolute atomic E-state index is 0.0946. The molecular weight excluding hydrogens is 302 g/mol. The van der Waals surface area contributed by atoms with Crippen LogP contribution in [-0.2, 0) is 11.3 Å². The predicted octanol–water partition coefficient (Wildman–Crippen LogP) is 2.77. The molecule has 0 unspecified atom stereocenters. The van der Waals surface area contributed by atoms with Crippen molar-refractivity contribution in [3.8, 4) is 10.4 Å². The number of hydrogen-bond donors (Lipinski definition) is 3. The van der Waals surface area contributed by atoms with E-state index in [1.807, 2.05) is 24.3 Å². The Balaban J connectivity index is 2.15. The molecule has 1 atom stereocenters. The average Bonchev–Trinajstić information content (AvgIpc) is 2.93. The molecule has 2 rings (SSSR count). The van der Waals surface area contributed by atoms with Crippen LogP contribution in [0.5, 0.6) is 0 Å². The monoisotopic (exact) mass is 319 g/mol. The normalized spacial score (nSPS) is 11.7. The van der Waals surface area contributed by atoms with Gasteiger partial charge in [-0.05, 0) is 18.1 Å². The van der Waals surface area contributed by atoms with Gasteiger partial charge in [0, 0.05) is 6.92 Å². The number of hydrogen-bond acceptors (Lipinski definition) is 4. The number of carbonyl (C=O) groups excluding carboxylic acids is 1. The number of thiazole rings is 1. The van der Waals surface area contributed by atoms with Crippen molar-refractivity contribution in [3.63, 3.8) is 0 Å².